The highest BCUT2D eigenvalue weighted by Crippen LogP contribution is 2.23. The van der Waals surface area contributed by atoms with E-state index in [2.05, 4.69) is 5.32 Å². The summed E-state index contributed by atoms with van der Waals surface area (Å²) in [5.74, 6) is -1.05. The maximum absolute atomic E-state index is 13.8. The molecule has 0 aliphatic carbocycles. The van der Waals surface area contributed by atoms with E-state index < -0.39 is 6.04 Å². The van der Waals surface area contributed by atoms with E-state index in [4.69, 9.17) is 0 Å². The normalized spacial score (nSPS) is 13.2. The van der Waals surface area contributed by atoms with Crippen LogP contribution in [-0.4, -0.2) is 52.6 Å². The summed E-state index contributed by atoms with van der Waals surface area (Å²) in [7, 11) is 0. The lowest BCUT2D eigenvalue weighted by molar-refractivity contribution is -0.141. The van der Waals surface area contributed by atoms with Gasteiger partial charge in [-0.05, 0) is 48.6 Å². The molecule has 1 aliphatic heterocycles. The highest BCUT2D eigenvalue weighted by atomic mass is 16.2. The Morgan fingerprint density at radius 1 is 0.872 bits per heavy atom. The van der Waals surface area contributed by atoms with Crippen molar-refractivity contribution < 1.29 is 19.2 Å². The monoisotopic (exact) mass is 525 g/mol. The van der Waals surface area contributed by atoms with Gasteiger partial charge in [0.15, 0.2) is 0 Å². The standard InChI is InChI=1S/C32H35N3O4/c1-3-19-33-30(37)28(21-24-13-5-4-6-14-24)35(22-25-15-8-7-12-23(25)2)29(36)18-11-20-34-31(38)26-16-9-10-17-27(26)32(34)39/h4-10,12-17,28H,3,11,18-22H2,1-2H3,(H,33,37). The third-order valence-corrected chi connectivity index (χ3v) is 7.07. The summed E-state index contributed by atoms with van der Waals surface area (Å²) in [6.45, 7) is 4.93. The zero-order chi connectivity index (χ0) is 27.8. The second kappa shape index (κ2) is 13.0. The van der Waals surface area contributed by atoms with Gasteiger partial charge in [0.05, 0.1) is 11.1 Å². The van der Waals surface area contributed by atoms with Crippen LogP contribution >= 0.6 is 0 Å². The molecule has 1 atom stereocenters. The summed E-state index contributed by atoms with van der Waals surface area (Å²) in [4.78, 5) is 55.6. The number of fused-ring (bicyclic) bond motifs is 1. The Bertz CT molecular complexity index is 1300. The molecule has 0 saturated heterocycles. The van der Waals surface area contributed by atoms with Crippen molar-refractivity contribution in [3.05, 3.63) is 107 Å². The molecule has 0 fully saturated rings. The Morgan fingerprint density at radius 3 is 2.13 bits per heavy atom. The number of nitrogens with one attached hydrogen (secondary N) is 1. The van der Waals surface area contributed by atoms with E-state index in [9.17, 15) is 19.2 Å². The molecule has 4 rings (SSSR count). The number of imide groups is 1. The lowest BCUT2D eigenvalue weighted by Crippen LogP contribution is -2.50. The van der Waals surface area contributed by atoms with Gasteiger partial charge in [-0.25, -0.2) is 0 Å². The Labute approximate surface area is 229 Å². The van der Waals surface area contributed by atoms with Gasteiger partial charge in [-0.3, -0.25) is 24.1 Å². The molecule has 39 heavy (non-hydrogen) atoms. The van der Waals surface area contributed by atoms with Gasteiger partial charge in [-0.15, -0.1) is 0 Å². The van der Waals surface area contributed by atoms with E-state index in [-0.39, 0.29) is 43.1 Å². The van der Waals surface area contributed by atoms with Crippen molar-refractivity contribution in [3.63, 3.8) is 0 Å². The minimum atomic E-state index is -0.703. The Kier molecular flexibility index (Phi) is 9.26. The van der Waals surface area contributed by atoms with Crippen LogP contribution in [0.4, 0.5) is 0 Å². The fourth-order valence-electron chi connectivity index (χ4n) is 4.87. The number of amides is 4. The summed E-state index contributed by atoms with van der Waals surface area (Å²) >= 11 is 0. The first-order valence-corrected chi connectivity index (χ1v) is 13.5. The second-order valence-corrected chi connectivity index (χ2v) is 9.86. The third-order valence-electron chi connectivity index (χ3n) is 7.07. The van der Waals surface area contributed by atoms with E-state index in [0.29, 0.717) is 30.5 Å². The molecule has 0 spiro atoms. The zero-order valence-corrected chi connectivity index (χ0v) is 22.6. The van der Waals surface area contributed by atoms with Gasteiger partial charge >= 0.3 is 0 Å². The van der Waals surface area contributed by atoms with E-state index >= 15 is 0 Å². The second-order valence-electron chi connectivity index (χ2n) is 9.86. The number of hydrogen-bond donors (Lipinski definition) is 1. The van der Waals surface area contributed by atoms with Crippen LogP contribution in [0.1, 0.15) is 63.6 Å². The number of hydrogen-bond acceptors (Lipinski definition) is 4. The molecular weight excluding hydrogens is 490 g/mol. The first-order chi connectivity index (χ1) is 18.9. The third kappa shape index (κ3) is 6.60. The van der Waals surface area contributed by atoms with Crippen LogP contribution in [0.3, 0.4) is 0 Å². The van der Waals surface area contributed by atoms with Crippen molar-refractivity contribution in [2.75, 3.05) is 13.1 Å². The quantitative estimate of drug-likeness (QED) is 0.352. The van der Waals surface area contributed by atoms with Crippen molar-refractivity contribution in [2.45, 2.75) is 52.1 Å². The van der Waals surface area contributed by atoms with Crippen LogP contribution in [0, 0.1) is 6.92 Å². The number of nitrogens with zero attached hydrogens (tertiary/aromatic N) is 2. The van der Waals surface area contributed by atoms with Gasteiger partial charge in [-0.1, -0.05) is 73.7 Å². The molecule has 3 aromatic carbocycles. The summed E-state index contributed by atoms with van der Waals surface area (Å²) in [5, 5.41) is 2.98. The first-order valence-electron chi connectivity index (χ1n) is 13.5. The van der Waals surface area contributed by atoms with Crippen LogP contribution in [-0.2, 0) is 22.6 Å². The van der Waals surface area contributed by atoms with Crippen molar-refractivity contribution in [1.82, 2.24) is 15.1 Å². The summed E-state index contributed by atoms with van der Waals surface area (Å²) in [6.07, 6.45) is 1.58. The van der Waals surface area contributed by atoms with E-state index in [1.807, 2.05) is 68.4 Å². The van der Waals surface area contributed by atoms with Crippen molar-refractivity contribution in [1.29, 1.82) is 0 Å². The maximum atomic E-state index is 13.8. The number of benzene rings is 3. The molecule has 7 nitrogen and oxygen atoms in total. The molecule has 1 N–H and O–H groups in total. The lowest BCUT2D eigenvalue weighted by Gasteiger charge is -2.32. The molecule has 0 aromatic heterocycles. The molecule has 0 saturated carbocycles. The van der Waals surface area contributed by atoms with Crippen LogP contribution in [0.25, 0.3) is 0 Å². The topological polar surface area (TPSA) is 86.8 Å². The molecule has 7 heteroatoms. The summed E-state index contributed by atoms with van der Waals surface area (Å²) in [5.41, 5.74) is 3.75. The van der Waals surface area contributed by atoms with Gasteiger partial charge in [0, 0.05) is 32.5 Å². The molecule has 202 valence electrons. The zero-order valence-electron chi connectivity index (χ0n) is 22.6. The maximum Gasteiger partial charge on any atom is 0.261 e. The molecule has 4 amide bonds. The molecule has 0 radical (unpaired) electrons. The van der Waals surface area contributed by atoms with Crippen LogP contribution in [0.15, 0.2) is 78.9 Å². The molecular formula is C32H35N3O4. The minimum Gasteiger partial charge on any atom is -0.354 e. The van der Waals surface area contributed by atoms with Crippen molar-refractivity contribution in [2.24, 2.45) is 0 Å². The fourth-order valence-corrected chi connectivity index (χ4v) is 4.87. The van der Waals surface area contributed by atoms with Gasteiger partial charge in [0.25, 0.3) is 11.8 Å². The average Bonchev–Trinajstić information content (AvgIpc) is 3.20. The molecule has 0 bridgehead atoms. The molecule has 1 unspecified atom stereocenters. The molecule has 3 aromatic rings. The highest BCUT2D eigenvalue weighted by Gasteiger charge is 2.35. The highest BCUT2D eigenvalue weighted by molar-refractivity contribution is 6.21. The predicted octanol–water partition coefficient (Wildman–Crippen LogP) is 4.54. The molecule has 1 aliphatic rings. The first kappa shape index (κ1) is 27.8. The molecule has 1 heterocycles. The van der Waals surface area contributed by atoms with Crippen LogP contribution in [0.2, 0.25) is 0 Å². The van der Waals surface area contributed by atoms with E-state index in [0.717, 1.165) is 23.1 Å². The van der Waals surface area contributed by atoms with Crippen molar-refractivity contribution in [3.8, 4) is 0 Å². The SMILES string of the molecule is CCCNC(=O)C(Cc1ccccc1)N(Cc1ccccc1C)C(=O)CCCN1C(=O)c2ccccc2C1=O. The Morgan fingerprint density at radius 2 is 1.49 bits per heavy atom. The smallest absolute Gasteiger partial charge is 0.261 e. The summed E-state index contributed by atoms with van der Waals surface area (Å²) in [6, 6.07) is 23.6. The van der Waals surface area contributed by atoms with Gasteiger partial charge in [-0.2, -0.15) is 0 Å². The van der Waals surface area contributed by atoms with Crippen LogP contribution in [0.5, 0.6) is 0 Å². The van der Waals surface area contributed by atoms with Gasteiger partial charge in [0.2, 0.25) is 11.8 Å². The number of carbonyl (C=O) groups is 4. The minimum absolute atomic E-state index is 0.103. The number of carbonyl (C=O) groups excluding carboxylic acids is 4. The number of rotatable bonds is 12. The Balaban J connectivity index is 1.54. The average molecular weight is 526 g/mol. The summed E-state index contributed by atoms with van der Waals surface area (Å²) < 4.78 is 0. The number of aryl methyl sites for hydroxylation is 1. The van der Waals surface area contributed by atoms with Crippen LogP contribution < -0.4 is 5.32 Å². The largest absolute Gasteiger partial charge is 0.354 e. The Hall–Kier alpha value is -4.26. The van der Waals surface area contributed by atoms with E-state index in [1.54, 1.807) is 29.2 Å². The predicted molar refractivity (Wildman–Crippen MR) is 150 cm³/mol. The lowest BCUT2D eigenvalue weighted by atomic mass is 10.0. The van der Waals surface area contributed by atoms with E-state index in [1.165, 1.54) is 4.90 Å². The van der Waals surface area contributed by atoms with Gasteiger partial charge < -0.3 is 10.2 Å². The van der Waals surface area contributed by atoms with Crippen molar-refractivity contribution >= 4 is 23.6 Å². The fraction of sp³-hybridized carbons (Fsp3) is 0.312. The van der Waals surface area contributed by atoms with Gasteiger partial charge in [0.1, 0.15) is 6.04 Å².